The van der Waals surface area contributed by atoms with Crippen molar-refractivity contribution in [2.75, 3.05) is 25.5 Å². The molecule has 0 unspecified atom stereocenters. The number of thiophene rings is 1. The standard InChI is InChI=1S/C13H17N3O6S2/c1-22-7-5-16(6-7)24(20,21)9-4-8(10(14)17)11(23-9)15-12(18)13(19)2-3-13/h4,7,19H,2-3,5-6H2,1H3,(H2,14,17)(H,15,18). The number of sulfonamides is 1. The van der Waals surface area contributed by atoms with Crippen molar-refractivity contribution in [1.29, 1.82) is 0 Å². The van der Waals surface area contributed by atoms with Crippen molar-refractivity contribution in [3.8, 4) is 0 Å². The molecule has 0 radical (unpaired) electrons. The van der Waals surface area contributed by atoms with Gasteiger partial charge in [-0.25, -0.2) is 8.42 Å². The van der Waals surface area contributed by atoms with Gasteiger partial charge in [0, 0.05) is 20.2 Å². The van der Waals surface area contributed by atoms with Crippen molar-refractivity contribution in [2.45, 2.75) is 28.8 Å². The lowest BCUT2D eigenvalue weighted by Crippen LogP contribution is -2.54. The molecule has 0 atom stereocenters. The lowest BCUT2D eigenvalue weighted by atomic mass is 10.2. The summed E-state index contributed by atoms with van der Waals surface area (Å²) in [5.74, 6) is -1.52. The molecule has 0 spiro atoms. The van der Waals surface area contributed by atoms with Crippen LogP contribution in [0.25, 0.3) is 0 Å². The summed E-state index contributed by atoms with van der Waals surface area (Å²) in [6.45, 7) is 0.453. The number of hydrogen-bond acceptors (Lipinski definition) is 7. The van der Waals surface area contributed by atoms with Gasteiger partial charge in [0.1, 0.15) is 14.8 Å². The van der Waals surface area contributed by atoms with Gasteiger partial charge in [0.15, 0.2) is 0 Å². The molecule has 1 saturated heterocycles. The zero-order chi connectivity index (χ0) is 17.7. The molecule has 11 heteroatoms. The SMILES string of the molecule is COC1CN(S(=O)(=O)c2cc(C(N)=O)c(NC(=O)C3(O)CC3)s2)C1. The van der Waals surface area contributed by atoms with Gasteiger partial charge in [-0.1, -0.05) is 0 Å². The number of methoxy groups -OCH3 is 1. The van der Waals surface area contributed by atoms with Crippen LogP contribution < -0.4 is 11.1 Å². The van der Waals surface area contributed by atoms with Crippen LogP contribution in [0.3, 0.4) is 0 Å². The van der Waals surface area contributed by atoms with Crippen LogP contribution in [0.4, 0.5) is 5.00 Å². The van der Waals surface area contributed by atoms with Gasteiger partial charge >= 0.3 is 0 Å². The second-order valence-corrected chi connectivity index (χ2v) is 9.05. The molecule has 9 nitrogen and oxygen atoms in total. The maximum atomic E-state index is 12.5. The average Bonchev–Trinajstić information content (AvgIpc) is 3.05. The molecule has 2 heterocycles. The highest BCUT2D eigenvalue weighted by Gasteiger charge is 2.48. The maximum Gasteiger partial charge on any atom is 0.256 e. The van der Waals surface area contributed by atoms with Crippen LogP contribution in [-0.2, 0) is 19.6 Å². The minimum absolute atomic E-state index is 0.0233. The second-order valence-electron chi connectivity index (χ2n) is 5.84. The molecule has 132 valence electrons. The zero-order valence-electron chi connectivity index (χ0n) is 12.8. The predicted octanol–water partition coefficient (Wildman–Crippen LogP) is -0.670. The number of nitrogens with one attached hydrogen (secondary N) is 1. The van der Waals surface area contributed by atoms with E-state index in [4.69, 9.17) is 10.5 Å². The molecular weight excluding hydrogens is 358 g/mol. The van der Waals surface area contributed by atoms with E-state index in [2.05, 4.69) is 5.32 Å². The number of amides is 2. The third-order valence-electron chi connectivity index (χ3n) is 4.09. The van der Waals surface area contributed by atoms with E-state index in [-0.39, 0.29) is 34.0 Å². The third-order valence-corrected chi connectivity index (χ3v) is 7.42. The number of primary amides is 1. The van der Waals surface area contributed by atoms with Gasteiger partial charge in [-0.15, -0.1) is 11.3 Å². The summed E-state index contributed by atoms with van der Waals surface area (Å²) in [4.78, 5) is 23.5. The molecule has 3 rings (SSSR count). The molecular formula is C13H17N3O6S2. The monoisotopic (exact) mass is 375 g/mol. The fraction of sp³-hybridized carbons (Fsp3) is 0.538. The van der Waals surface area contributed by atoms with Gasteiger partial charge in [0.25, 0.3) is 21.8 Å². The third kappa shape index (κ3) is 2.93. The van der Waals surface area contributed by atoms with Gasteiger partial charge in [0.05, 0.1) is 11.7 Å². The Bertz CT molecular complexity index is 793. The number of nitrogens with two attached hydrogens (primary N) is 1. The maximum absolute atomic E-state index is 12.5. The Balaban J connectivity index is 1.86. The lowest BCUT2D eigenvalue weighted by Gasteiger charge is -2.36. The van der Waals surface area contributed by atoms with Crippen LogP contribution in [-0.4, -0.2) is 61.5 Å². The number of nitrogens with zero attached hydrogens (tertiary/aromatic N) is 1. The number of rotatable bonds is 6. The van der Waals surface area contributed by atoms with Crippen molar-refractivity contribution in [3.05, 3.63) is 11.6 Å². The molecule has 24 heavy (non-hydrogen) atoms. The number of carbonyl (C=O) groups is 2. The summed E-state index contributed by atoms with van der Waals surface area (Å²) in [7, 11) is -2.28. The Labute approximate surface area is 142 Å². The van der Waals surface area contributed by atoms with Crippen molar-refractivity contribution >= 4 is 38.2 Å². The molecule has 2 fully saturated rings. The molecule has 2 amide bonds. The Morgan fingerprint density at radius 2 is 2.08 bits per heavy atom. The molecule has 1 aromatic heterocycles. The van der Waals surface area contributed by atoms with E-state index >= 15 is 0 Å². The Morgan fingerprint density at radius 1 is 1.46 bits per heavy atom. The molecule has 1 saturated carbocycles. The van der Waals surface area contributed by atoms with Gasteiger partial charge in [0.2, 0.25) is 0 Å². The highest BCUT2D eigenvalue weighted by Crippen LogP contribution is 2.39. The van der Waals surface area contributed by atoms with E-state index in [1.54, 1.807) is 0 Å². The minimum atomic E-state index is -3.79. The van der Waals surface area contributed by atoms with E-state index in [1.807, 2.05) is 0 Å². The molecule has 4 N–H and O–H groups in total. The number of ether oxygens (including phenoxy) is 1. The lowest BCUT2D eigenvalue weighted by molar-refractivity contribution is -0.125. The quantitative estimate of drug-likeness (QED) is 0.603. The van der Waals surface area contributed by atoms with Crippen molar-refractivity contribution in [1.82, 2.24) is 4.31 Å². The Morgan fingerprint density at radius 3 is 2.58 bits per heavy atom. The fourth-order valence-corrected chi connectivity index (χ4v) is 5.23. The van der Waals surface area contributed by atoms with E-state index in [1.165, 1.54) is 11.4 Å². The van der Waals surface area contributed by atoms with Gasteiger partial charge in [-0.3, -0.25) is 9.59 Å². The van der Waals surface area contributed by atoms with E-state index in [0.29, 0.717) is 12.8 Å². The van der Waals surface area contributed by atoms with Crippen LogP contribution in [0, 0.1) is 0 Å². The minimum Gasteiger partial charge on any atom is -0.380 e. The molecule has 0 aromatic carbocycles. The average molecular weight is 375 g/mol. The van der Waals surface area contributed by atoms with E-state index < -0.39 is 27.4 Å². The topological polar surface area (TPSA) is 139 Å². The normalized spacial score (nSPS) is 20.4. The van der Waals surface area contributed by atoms with Crippen LogP contribution in [0.2, 0.25) is 0 Å². The van der Waals surface area contributed by atoms with Crippen LogP contribution >= 0.6 is 11.3 Å². The number of hydrogen-bond donors (Lipinski definition) is 3. The van der Waals surface area contributed by atoms with Crippen LogP contribution in [0.1, 0.15) is 23.2 Å². The van der Waals surface area contributed by atoms with Crippen molar-refractivity contribution in [3.63, 3.8) is 0 Å². The predicted molar refractivity (Wildman–Crippen MR) is 85.2 cm³/mol. The van der Waals surface area contributed by atoms with E-state index in [9.17, 15) is 23.1 Å². The first kappa shape index (κ1) is 17.3. The summed E-state index contributed by atoms with van der Waals surface area (Å²) in [5.41, 5.74) is 3.72. The molecule has 2 aliphatic rings. The van der Waals surface area contributed by atoms with Crippen molar-refractivity contribution in [2.24, 2.45) is 5.73 Å². The highest BCUT2D eigenvalue weighted by atomic mass is 32.2. The molecule has 1 aliphatic heterocycles. The number of anilines is 1. The summed E-state index contributed by atoms with van der Waals surface area (Å²) in [6.07, 6.45) is 0.500. The van der Waals surface area contributed by atoms with Gasteiger partial charge in [-0.2, -0.15) is 4.31 Å². The second kappa shape index (κ2) is 5.77. The van der Waals surface area contributed by atoms with E-state index in [0.717, 1.165) is 17.4 Å². The molecule has 1 aromatic rings. The Kier molecular flexibility index (Phi) is 4.16. The van der Waals surface area contributed by atoms with Crippen LogP contribution in [0.5, 0.6) is 0 Å². The molecule has 0 bridgehead atoms. The largest absolute Gasteiger partial charge is 0.380 e. The summed E-state index contributed by atoms with van der Waals surface area (Å²) in [5, 5.41) is 12.2. The first-order valence-corrected chi connectivity index (χ1v) is 9.43. The van der Waals surface area contributed by atoms with Gasteiger partial charge in [-0.05, 0) is 18.9 Å². The van der Waals surface area contributed by atoms with Crippen molar-refractivity contribution < 1.29 is 27.9 Å². The highest BCUT2D eigenvalue weighted by molar-refractivity contribution is 7.91. The van der Waals surface area contributed by atoms with Gasteiger partial charge < -0.3 is 20.9 Å². The first-order valence-electron chi connectivity index (χ1n) is 7.18. The fourth-order valence-electron chi connectivity index (χ4n) is 2.21. The van der Waals surface area contributed by atoms with Crippen LogP contribution in [0.15, 0.2) is 10.3 Å². The number of carbonyl (C=O) groups excluding carboxylic acids is 2. The molecule has 1 aliphatic carbocycles. The summed E-state index contributed by atoms with van der Waals surface area (Å²) in [6, 6.07) is 1.15. The Hall–Kier alpha value is -1.53. The first-order chi connectivity index (χ1) is 11.2. The number of aliphatic hydroxyl groups is 1. The summed E-state index contributed by atoms with van der Waals surface area (Å²) < 4.78 is 31.2. The smallest absolute Gasteiger partial charge is 0.256 e. The zero-order valence-corrected chi connectivity index (χ0v) is 14.4. The summed E-state index contributed by atoms with van der Waals surface area (Å²) >= 11 is 0.739.